The van der Waals surface area contributed by atoms with Crippen molar-refractivity contribution in [2.75, 3.05) is 26.1 Å². The van der Waals surface area contributed by atoms with Crippen LogP contribution in [0.1, 0.15) is 12.0 Å². The van der Waals surface area contributed by atoms with Crippen LogP contribution in [-0.4, -0.2) is 26.7 Å². The molecule has 0 fully saturated rings. The number of para-hydroxylation sites is 1. The van der Waals surface area contributed by atoms with Crippen molar-refractivity contribution in [2.24, 2.45) is 0 Å². The van der Waals surface area contributed by atoms with Crippen molar-refractivity contribution < 1.29 is 9.53 Å². The lowest BCUT2D eigenvalue weighted by Crippen LogP contribution is -2.16. The summed E-state index contributed by atoms with van der Waals surface area (Å²) in [5, 5.41) is 5.94. The fraction of sp³-hybridized carbons (Fsp3) is 0.417. The molecule has 0 atom stereocenters. The average molecular weight is 259 g/mol. The third kappa shape index (κ3) is 5.68. The fourth-order valence-electron chi connectivity index (χ4n) is 1.39. The van der Waals surface area contributed by atoms with Gasteiger partial charge in [0.1, 0.15) is 0 Å². The second-order valence-electron chi connectivity index (χ2n) is 3.48. The SMILES string of the molecule is CNCc1ccccc1NC(=O)CCOC.Cl. The molecule has 1 aromatic carbocycles. The minimum absolute atomic E-state index is 0. The van der Waals surface area contributed by atoms with E-state index in [-0.39, 0.29) is 18.3 Å². The van der Waals surface area contributed by atoms with Gasteiger partial charge in [-0.1, -0.05) is 18.2 Å². The van der Waals surface area contributed by atoms with Crippen LogP contribution in [0.25, 0.3) is 0 Å². The third-order valence-corrected chi connectivity index (χ3v) is 2.19. The summed E-state index contributed by atoms with van der Waals surface area (Å²) < 4.78 is 4.85. The Kier molecular flexibility index (Phi) is 8.40. The van der Waals surface area contributed by atoms with E-state index in [1.807, 2.05) is 31.3 Å². The number of anilines is 1. The lowest BCUT2D eigenvalue weighted by Gasteiger charge is -2.10. The Bertz CT molecular complexity index is 345. The van der Waals surface area contributed by atoms with Crippen molar-refractivity contribution in [1.82, 2.24) is 5.32 Å². The Labute approximate surface area is 108 Å². The van der Waals surface area contributed by atoms with E-state index in [0.29, 0.717) is 13.0 Å². The van der Waals surface area contributed by atoms with Crippen molar-refractivity contribution in [1.29, 1.82) is 0 Å². The highest BCUT2D eigenvalue weighted by atomic mass is 35.5. The molecule has 0 unspecified atom stereocenters. The summed E-state index contributed by atoms with van der Waals surface area (Å²) in [6.45, 7) is 1.18. The zero-order valence-electron chi connectivity index (χ0n) is 10.2. The van der Waals surface area contributed by atoms with Crippen LogP contribution in [0.3, 0.4) is 0 Å². The first-order chi connectivity index (χ1) is 7.77. The summed E-state index contributed by atoms with van der Waals surface area (Å²) in [5.41, 5.74) is 1.94. The molecule has 96 valence electrons. The minimum Gasteiger partial charge on any atom is -0.384 e. The lowest BCUT2D eigenvalue weighted by molar-refractivity contribution is -0.117. The molecule has 0 aromatic heterocycles. The van der Waals surface area contributed by atoms with Crippen LogP contribution in [0, 0.1) is 0 Å². The second kappa shape index (κ2) is 8.98. The first-order valence-electron chi connectivity index (χ1n) is 5.29. The van der Waals surface area contributed by atoms with Crippen LogP contribution in [0.4, 0.5) is 5.69 Å². The number of benzene rings is 1. The van der Waals surface area contributed by atoms with Gasteiger partial charge >= 0.3 is 0 Å². The number of nitrogens with one attached hydrogen (secondary N) is 2. The van der Waals surface area contributed by atoms with Crippen LogP contribution >= 0.6 is 12.4 Å². The van der Waals surface area contributed by atoms with Crippen molar-refractivity contribution in [2.45, 2.75) is 13.0 Å². The van der Waals surface area contributed by atoms with Crippen LogP contribution in [0.5, 0.6) is 0 Å². The zero-order chi connectivity index (χ0) is 11.8. The minimum atomic E-state index is -0.0228. The van der Waals surface area contributed by atoms with Gasteiger partial charge in [-0.25, -0.2) is 0 Å². The molecule has 0 aliphatic carbocycles. The topological polar surface area (TPSA) is 50.4 Å². The number of carbonyl (C=O) groups is 1. The van der Waals surface area contributed by atoms with Crippen LogP contribution in [-0.2, 0) is 16.1 Å². The van der Waals surface area contributed by atoms with E-state index in [0.717, 1.165) is 17.8 Å². The maximum Gasteiger partial charge on any atom is 0.226 e. The van der Waals surface area contributed by atoms with E-state index in [1.165, 1.54) is 0 Å². The van der Waals surface area contributed by atoms with Crippen molar-refractivity contribution in [3.63, 3.8) is 0 Å². The monoisotopic (exact) mass is 258 g/mol. The maximum atomic E-state index is 11.5. The highest BCUT2D eigenvalue weighted by Gasteiger charge is 2.05. The molecule has 0 bridgehead atoms. The van der Waals surface area contributed by atoms with Gasteiger partial charge in [0, 0.05) is 19.3 Å². The molecule has 0 saturated carbocycles. The summed E-state index contributed by atoms with van der Waals surface area (Å²) in [7, 11) is 3.46. The molecule has 0 heterocycles. The first-order valence-corrected chi connectivity index (χ1v) is 5.29. The highest BCUT2D eigenvalue weighted by Crippen LogP contribution is 2.14. The quantitative estimate of drug-likeness (QED) is 0.818. The van der Waals surface area contributed by atoms with Crippen LogP contribution in [0.15, 0.2) is 24.3 Å². The van der Waals surface area contributed by atoms with Gasteiger partial charge in [0.15, 0.2) is 0 Å². The third-order valence-electron chi connectivity index (χ3n) is 2.19. The number of hydrogen-bond donors (Lipinski definition) is 2. The number of hydrogen-bond acceptors (Lipinski definition) is 3. The zero-order valence-corrected chi connectivity index (χ0v) is 11.0. The van der Waals surface area contributed by atoms with Crippen molar-refractivity contribution in [3.05, 3.63) is 29.8 Å². The number of rotatable bonds is 6. The normalized spacial score (nSPS) is 9.53. The van der Waals surface area contributed by atoms with E-state index >= 15 is 0 Å². The highest BCUT2D eigenvalue weighted by molar-refractivity contribution is 5.91. The van der Waals surface area contributed by atoms with Gasteiger partial charge in [-0.3, -0.25) is 4.79 Å². The van der Waals surface area contributed by atoms with Crippen molar-refractivity contribution in [3.8, 4) is 0 Å². The molecule has 4 nitrogen and oxygen atoms in total. The predicted molar refractivity (Wildman–Crippen MR) is 71.6 cm³/mol. The molecule has 5 heteroatoms. The summed E-state index contributed by atoms with van der Waals surface area (Å²) in [6.07, 6.45) is 0.379. The summed E-state index contributed by atoms with van der Waals surface area (Å²) in [5.74, 6) is -0.0228. The van der Waals surface area contributed by atoms with E-state index < -0.39 is 0 Å². The maximum absolute atomic E-state index is 11.5. The second-order valence-corrected chi connectivity index (χ2v) is 3.48. The summed E-state index contributed by atoms with van der Waals surface area (Å²) >= 11 is 0. The number of amides is 1. The Morgan fingerprint density at radius 1 is 1.35 bits per heavy atom. The van der Waals surface area contributed by atoms with Gasteiger partial charge in [0.05, 0.1) is 13.0 Å². The lowest BCUT2D eigenvalue weighted by atomic mass is 10.1. The Hall–Kier alpha value is -1.10. The largest absolute Gasteiger partial charge is 0.384 e. The predicted octanol–water partition coefficient (Wildman–Crippen LogP) is 1.80. The Morgan fingerprint density at radius 2 is 2.06 bits per heavy atom. The van der Waals surface area contributed by atoms with Gasteiger partial charge in [-0.05, 0) is 18.7 Å². The molecular weight excluding hydrogens is 240 g/mol. The van der Waals surface area contributed by atoms with E-state index in [2.05, 4.69) is 10.6 Å². The summed E-state index contributed by atoms with van der Waals surface area (Å²) in [6, 6.07) is 7.75. The molecule has 0 aliphatic rings. The molecule has 0 radical (unpaired) electrons. The number of methoxy groups -OCH3 is 1. The average Bonchev–Trinajstić information content (AvgIpc) is 2.29. The molecule has 1 aromatic rings. The summed E-state index contributed by atoms with van der Waals surface area (Å²) in [4.78, 5) is 11.5. The molecule has 0 saturated heterocycles. The first kappa shape index (κ1) is 15.9. The fourth-order valence-corrected chi connectivity index (χ4v) is 1.39. The Balaban J connectivity index is 0.00000256. The van der Waals surface area contributed by atoms with Crippen molar-refractivity contribution >= 4 is 24.0 Å². The van der Waals surface area contributed by atoms with Crippen LogP contribution < -0.4 is 10.6 Å². The van der Waals surface area contributed by atoms with Crippen LogP contribution in [0.2, 0.25) is 0 Å². The van der Waals surface area contributed by atoms with Gasteiger partial charge in [0.25, 0.3) is 0 Å². The van der Waals surface area contributed by atoms with E-state index in [9.17, 15) is 4.79 Å². The number of halogens is 1. The standard InChI is InChI=1S/C12H18N2O2.ClH/c1-13-9-10-5-3-4-6-11(10)14-12(15)7-8-16-2;/h3-6,13H,7-9H2,1-2H3,(H,14,15);1H. The van der Waals surface area contributed by atoms with E-state index in [1.54, 1.807) is 7.11 Å². The van der Waals surface area contributed by atoms with Gasteiger partial charge in [0.2, 0.25) is 5.91 Å². The number of carbonyl (C=O) groups excluding carboxylic acids is 1. The molecule has 1 rings (SSSR count). The van der Waals surface area contributed by atoms with Gasteiger partial charge in [-0.2, -0.15) is 0 Å². The molecular formula is C12H19ClN2O2. The molecule has 0 spiro atoms. The van der Waals surface area contributed by atoms with Gasteiger partial charge in [-0.15, -0.1) is 12.4 Å². The van der Waals surface area contributed by atoms with E-state index in [4.69, 9.17) is 4.74 Å². The smallest absolute Gasteiger partial charge is 0.226 e. The number of ether oxygens (including phenoxy) is 1. The molecule has 1 amide bonds. The Morgan fingerprint density at radius 3 is 2.71 bits per heavy atom. The molecule has 2 N–H and O–H groups in total. The van der Waals surface area contributed by atoms with Gasteiger partial charge < -0.3 is 15.4 Å². The molecule has 0 aliphatic heterocycles. The molecule has 17 heavy (non-hydrogen) atoms.